The quantitative estimate of drug-likeness (QED) is 0.851. The Bertz CT molecular complexity index is 645. The summed E-state index contributed by atoms with van der Waals surface area (Å²) < 4.78 is 33.4. The number of benzene rings is 1. The summed E-state index contributed by atoms with van der Waals surface area (Å²) in [7, 11) is -3.42. The molecular formula is C17H24N2O3S. The summed E-state index contributed by atoms with van der Waals surface area (Å²) in [6.07, 6.45) is 3.03. The zero-order chi connectivity index (χ0) is 15.9. The fourth-order valence-corrected chi connectivity index (χ4v) is 4.92. The van der Waals surface area contributed by atoms with E-state index in [2.05, 4.69) is 9.62 Å². The first-order valence-electron chi connectivity index (χ1n) is 8.50. The van der Waals surface area contributed by atoms with Crippen LogP contribution in [0.4, 0.5) is 0 Å². The predicted molar refractivity (Wildman–Crippen MR) is 87.5 cm³/mol. The first-order valence-corrected chi connectivity index (χ1v) is 9.99. The molecule has 126 valence electrons. The van der Waals surface area contributed by atoms with Crippen molar-refractivity contribution in [1.29, 1.82) is 0 Å². The number of sulfonamides is 1. The molecule has 1 saturated carbocycles. The van der Waals surface area contributed by atoms with Gasteiger partial charge in [0.25, 0.3) is 0 Å². The lowest BCUT2D eigenvalue weighted by molar-refractivity contribution is 0.0946. The monoisotopic (exact) mass is 336 g/mol. The van der Waals surface area contributed by atoms with Gasteiger partial charge in [0.05, 0.1) is 17.6 Å². The Morgan fingerprint density at radius 1 is 1.17 bits per heavy atom. The Balaban J connectivity index is 1.34. The predicted octanol–water partition coefficient (Wildman–Crippen LogP) is 1.32. The average molecular weight is 336 g/mol. The minimum atomic E-state index is -3.42. The van der Waals surface area contributed by atoms with Crippen LogP contribution in [0.15, 0.2) is 35.2 Å². The molecule has 23 heavy (non-hydrogen) atoms. The van der Waals surface area contributed by atoms with Gasteiger partial charge in [0, 0.05) is 38.0 Å². The van der Waals surface area contributed by atoms with E-state index in [0.29, 0.717) is 30.1 Å². The van der Waals surface area contributed by atoms with Crippen molar-refractivity contribution in [2.45, 2.75) is 23.8 Å². The Morgan fingerprint density at radius 2 is 1.96 bits per heavy atom. The van der Waals surface area contributed by atoms with Crippen molar-refractivity contribution in [3.63, 3.8) is 0 Å². The second kappa shape index (κ2) is 6.16. The zero-order valence-electron chi connectivity index (χ0n) is 13.2. The molecule has 1 aromatic carbocycles. The van der Waals surface area contributed by atoms with Crippen LogP contribution in [0.1, 0.15) is 12.8 Å². The van der Waals surface area contributed by atoms with E-state index in [4.69, 9.17) is 4.74 Å². The van der Waals surface area contributed by atoms with Crippen LogP contribution in [-0.2, 0) is 14.8 Å². The number of ether oxygens (including phenoxy) is 1. The number of rotatable bonds is 6. The van der Waals surface area contributed by atoms with Gasteiger partial charge in [0.15, 0.2) is 0 Å². The highest BCUT2D eigenvalue weighted by Gasteiger charge is 2.44. The summed E-state index contributed by atoms with van der Waals surface area (Å²) in [4.78, 5) is 2.84. The molecule has 2 saturated heterocycles. The highest BCUT2D eigenvalue weighted by Crippen LogP contribution is 2.37. The molecule has 1 N–H and O–H groups in total. The van der Waals surface area contributed by atoms with Crippen molar-refractivity contribution < 1.29 is 13.2 Å². The first-order chi connectivity index (χ1) is 11.1. The van der Waals surface area contributed by atoms with Gasteiger partial charge in [-0.3, -0.25) is 0 Å². The average Bonchev–Trinajstić information content (AvgIpc) is 3.14. The largest absolute Gasteiger partial charge is 0.376 e. The molecule has 3 aliphatic rings. The van der Waals surface area contributed by atoms with Crippen LogP contribution in [0.25, 0.3) is 0 Å². The molecule has 1 aliphatic carbocycles. The Labute approximate surface area is 138 Å². The van der Waals surface area contributed by atoms with Crippen molar-refractivity contribution in [2.75, 3.05) is 32.8 Å². The van der Waals surface area contributed by atoms with Gasteiger partial charge in [0.2, 0.25) is 10.0 Å². The van der Waals surface area contributed by atoms with Gasteiger partial charge in [-0.25, -0.2) is 13.1 Å². The molecule has 6 heteroatoms. The van der Waals surface area contributed by atoms with Crippen molar-refractivity contribution in [3.05, 3.63) is 30.3 Å². The van der Waals surface area contributed by atoms with Gasteiger partial charge in [-0.05, 0) is 30.9 Å². The Hall–Kier alpha value is -0.950. The molecule has 2 heterocycles. The number of likely N-dealkylation sites (tertiary alicyclic amines) is 1. The molecule has 5 nitrogen and oxygen atoms in total. The summed E-state index contributed by atoms with van der Waals surface area (Å²) in [6, 6.07) is 8.57. The topological polar surface area (TPSA) is 58.6 Å². The number of nitrogens with zero attached hydrogens (tertiary/aromatic N) is 1. The van der Waals surface area contributed by atoms with Crippen LogP contribution in [-0.4, -0.2) is 52.2 Å². The minimum Gasteiger partial charge on any atom is -0.376 e. The lowest BCUT2D eigenvalue weighted by atomic mass is 9.93. The van der Waals surface area contributed by atoms with E-state index < -0.39 is 10.0 Å². The fraction of sp³-hybridized carbons (Fsp3) is 0.647. The molecule has 0 unspecified atom stereocenters. The van der Waals surface area contributed by atoms with E-state index in [1.165, 1.54) is 19.4 Å². The summed E-state index contributed by atoms with van der Waals surface area (Å²) in [5, 5.41) is 0. The SMILES string of the molecule is O=S(=O)(NC[C@@H]1CO[C@@H]2CN(CC3CC3)C[C@H]12)c1ccccc1. The molecule has 2 aliphatic heterocycles. The molecule has 3 atom stereocenters. The smallest absolute Gasteiger partial charge is 0.240 e. The van der Waals surface area contributed by atoms with E-state index in [-0.39, 0.29) is 5.92 Å². The van der Waals surface area contributed by atoms with Crippen LogP contribution in [0.2, 0.25) is 0 Å². The van der Waals surface area contributed by atoms with E-state index in [1.807, 2.05) is 6.07 Å². The molecule has 0 amide bonds. The van der Waals surface area contributed by atoms with Crippen molar-refractivity contribution in [3.8, 4) is 0 Å². The third-order valence-corrected chi connectivity index (χ3v) is 6.76. The highest BCUT2D eigenvalue weighted by molar-refractivity contribution is 7.89. The summed E-state index contributed by atoms with van der Waals surface area (Å²) in [5.74, 6) is 1.64. The van der Waals surface area contributed by atoms with Crippen LogP contribution in [0, 0.1) is 17.8 Å². The maximum atomic E-state index is 12.3. The minimum absolute atomic E-state index is 0.280. The van der Waals surface area contributed by atoms with Crippen molar-refractivity contribution in [1.82, 2.24) is 9.62 Å². The Morgan fingerprint density at radius 3 is 2.70 bits per heavy atom. The van der Waals surface area contributed by atoms with Gasteiger partial charge < -0.3 is 9.64 Å². The van der Waals surface area contributed by atoms with Gasteiger partial charge in [0.1, 0.15) is 0 Å². The van der Waals surface area contributed by atoms with E-state index in [9.17, 15) is 8.42 Å². The normalized spacial score (nSPS) is 31.4. The maximum Gasteiger partial charge on any atom is 0.240 e. The molecule has 0 spiro atoms. The highest BCUT2D eigenvalue weighted by atomic mass is 32.2. The molecule has 1 aromatic rings. The molecular weight excluding hydrogens is 312 g/mol. The third kappa shape index (κ3) is 3.45. The lowest BCUT2D eigenvalue weighted by Crippen LogP contribution is -2.34. The zero-order valence-corrected chi connectivity index (χ0v) is 14.0. The Kier molecular flexibility index (Phi) is 4.17. The van der Waals surface area contributed by atoms with E-state index in [0.717, 1.165) is 19.0 Å². The number of hydrogen-bond acceptors (Lipinski definition) is 4. The number of fused-ring (bicyclic) bond motifs is 1. The molecule has 0 bridgehead atoms. The van der Waals surface area contributed by atoms with Crippen LogP contribution in [0.3, 0.4) is 0 Å². The van der Waals surface area contributed by atoms with Crippen LogP contribution >= 0.6 is 0 Å². The first kappa shape index (κ1) is 15.6. The molecule has 3 fully saturated rings. The summed E-state index contributed by atoms with van der Waals surface area (Å²) in [6.45, 7) is 4.40. The van der Waals surface area contributed by atoms with Gasteiger partial charge >= 0.3 is 0 Å². The van der Waals surface area contributed by atoms with Crippen molar-refractivity contribution >= 4 is 10.0 Å². The molecule has 4 rings (SSSR count). The summed E-state index contributed by atoms with van der Waals surface area (Å²) in [5.41, 5.74) is 0. The number of hydrogen-bond donors (Lipinski definition) is 1. The van der Waals surface area contributed by atoms with Gasteiger partial charge in [-0.1, -0.05) is 18.2 Å². The summed E-state index contributed by atoms with van der Waals surface area (Å²) >= 11 is 0. The lowest BCUT2D eigenvalue weighted by Gasteiger charge is -2.19. The maximum absolute atomic E-state index is 12.3. The van der Waals surface area contributed by atoms with Gasteiger partial charge in [-0.15, -0.1) is 0 Å². The van der Waals surface area contributed by atoms with Gasteiger partial charge in [-0.2, -0.15) is 0 Å². The molecule has 0 radical (unpaired) electrons. The van der Waals surface area contributed by atoms with E-state index >= 15 is 0 Å². The van der Waals surface area contributed by atoms with Crippen LogP contribution in [0.5, 0.6) is 0 Å². The second-order valence-electron chi connectivity index (χ2n) is 7.12. The molecule has 0 aromatic heterocycles. The van der Waals surface area contributed by atoms with Crippen molar-refractivity contribution in [2.24, 2.45) is 17.8 Å². The standard InChI is InChI=1S/C17H24N2O3S/c20-23(21,15-4-2-1-3-5-15)18-8-14-12-22-17-11-19(10-16(14)17)9-13-6-7-13/h1-5,13-14,16-18H,6-12H2/t14-,16-,17-/m1/s1. The third-order valence-electron chi connectivity index (χ3n) is 5.32. The second-order valence-corrected chi connectivity index (χ2v) is 8.89. The number of nitrogens with one attached hydrogen (secondary N) is 1. The fourth-order valence-electron chi connectivity index (χ4n) is 3.80. The van der Waals surface area contributed by atoms with Crippen LogP contribution < -0.4 is 4.72 Å². The van der Waals surface area contributed by atoms with E-state index in [1.54, 1.807) is 24.3 Å².